The molecule has 2 fully saturated rings. The molecule has 0 bridgehead atoms. The molecular formula is C17H33N3O2. The number of amides is 1. The van der Waals surface area contributed by atoms with E-state index in [1.165, 1.54) is 19.3 Å². The third-order valence-electron chi connectivity index (χ3n) is 5.10. The molecule has 0 radical (unpaired) electrons. The van der Waals surface area contributed by atoms with Gasteiger partial charge in [0.15, 0.2) is 0 Å². The highest BCUT2D eigenvalue weighted by molar-refractivity contribution is 5.76. The summed E-state index contributed by atoms with van der Waals surface area (Å²) >= 11 is 0. The van der Waals surface area contributed by atoms with Crippen LogP contribution in [0, 0.1) is 5.92 Å². The van der Waals surface area contributed by atoms with Crippen LogP contribution in [0.5, 0.6) is 0 Å². The van der Waals surface area contributed by atoms with Gasteiger partial charge < -0.3 is 15.4 Å². The minimum Gasteiger partial charge on any atom is -0.378 e. The van der Waals surface area contributed by atoms with Gasteiger partial charge in [0.05, 0.1) is 13.2 Å². The van der Waals surface area contributed by atoms with E-state index in [0.29, 0.717) is 13.0 Å². The number of carbonyl (C=O) groups excluding carboxylic acids is 1. The smallest absolute Gasteiger partial charge is 0.221 e. The number of nitrogens with one attached hydrogen (secondary N) is 2. The van der Waals surface area contributed by atoms with Crippen LogP contribution >= 0.6 is 0 Å². The second-order valence-electron chi connectivity index (χ2n) is 7.38. The van der Waals surface area contributed by atoms with Gasteiger partial charge in [-0.3, -0.25) is 9.69 Å². The first kappa shape index (κ1) is 17.7. The number of piperidine rings is 1. The summed E-state index contributed by atoms with van der Waals surface area (Å²) in [5, 5.41) is 6.45. The third kappa shape index (κ3) is 5.21. The van der Waals surface area contributed by atoms with Gasteiger partial charge in [0.2, 0.25) is 5.91 Å². The molecule has 1 amide bonds. The molecule has 2 aliphatic rings. The Kier molecular flexibility index (Phi) is 6.66. The van der Waals surface area contributed by atoms with Crippen molar-refractivity contribution in [3.05, 3.63) is 0 Å². The zero-order chi connectivity index (χ0) is 16.0. The van der Waals surface area contributed by atoms with E-state index < -0.39 is 0 Å². The molecule has 5 heteroatoms. The summed E-state index contributed by atoms with van der Waals surface area (Å²) in [5.74, 6) is 0.937. The Morgan fingerprint density at radius 2 is 2.27 bits per heavy atom. The van der Waals surface area contributed by atoms with Gasteiger partial charge >= 0.3 is 0 Å². The lowest BCUT2D eigenvalue weighted by Crippen LogP contribution is -2.55. The Balaban J connectivity index is 1.74. The van der Waals surface area contributed by atoms with Crippen LogP contribution in [0.1, 0.15) is 46.5 Å². The van der Waals surface area contributed by atoms with Crippen LogP contribution in [0.15, 0.2) is 0 Å². The van der Waals surface area contributed by atoms with Crippen LogP contribution < -0.4 is 10.6 Å². The number of carbonyl (C=O) groups is 1. The summed E-state index contributed by atoms with van der Waals surface area (Å²) in [4.78, 5) is 14.7. The van der Waals surface area contributed by atoms with Crippen molar-refractivity contribution >= 4 is 5.91 Å². The maximum Gasteiger partial charge on any atom is 0.221 e. The average Bonchev–Trinajstić information content (AvgIpc) is 2.54. The fourth-order valence-corrected chi connectivity index (χ4v) is 3.42. The molecule has 2 heterocycles. The highest BCUT2D eigenvalue weighted by Gasteiger charge is 2.31. The van der Waals surface area contributed by atoms with Crippen LogP contribution in [-0.2, 0) is 9.53 Å². The molecule has 0 spiro atoms. The zero-order valence-corrected chi connectivity index (χ0v) is 14.5. The SMILES string of the molecule is CCC1CCCN(C(C)(C)CNC(=O)CC2COCCN2)C1. The lowest BCUT2D eigenvalue weighted by atomic mass is 9.91. The fourth-order valence-electron chi connectivity index (χ4n) is 3.42. The van der Waals surface area contributed by atoms with E-state index in [1.807, 2.05) is 0 Å². The minimum atomic E-state index is 0.0278. The third-order valence-corrected chi connectivity index (χ3v) is 5.10. The zero-order valence-electron chi connectivity index (χ0n) is 14.5. The number of morpholine rings is 1. The molecule has 22 heavy (non-hydrogen) atoms. The summed E-state index contributed by atoms with van der Waals surface area (Å²) in [6.45, 7) is 12.0. The highest BCUT2D eigenvalue weighted by atomic mass is 16.5. The molecule has 2 N–H and O–H groups in total. The molecule has 0 aromatic heterocycles. The number of hydrogen-bond donors (Lipinski definition) is 2. The Morgan fingerprint density at radius 1 is 1.45 bits per heavy atom. The van der Waals surface area contributed by atoms with Crippen molar-refractivity contribution in [1.82, 2.24) is 15.5 Å². The lowest BCUT2D eigenvalue weighted by Gasteiger charge is -2.43. The Bertz CT molecular complexity index is 354. The summed E-state index contributed by atoms with van der Waals surface area (Å²) < 4.78 is 5.40. The predicted octanol–water partition coefficient (Wildman–Crippen LogP) is 1.38. The van der Waals surface area contributed by atoms with Gasteiger partial charge in [0.25, 0.3) is 0 Å². The number of nitrogens with zero attached hydrogens (tertiary/aromatic N) is 1. The molecule has 2 unspecified atom stereocenters. The lowest BCUT2D eigenvalue weighted by molar-refractivity contribution is -0.123. The largest absolute Gasteiger partial charge is 0.378 e. The standard InChI is InChI=1S/C17H33N3O2/c1-4-14-6-5-8-20(11-14)17(2,3)13-19-16(21)10-15-12-22-9-7-18-15/h14-15,18H,4-13H2,1-3H3,(H,19,21). The Labute approximate surface area is 135 Å². The Morgan fingerprint density at radius 3 is 2.95 bits per heavy atom. The molecule has 2 atom stereocenters. The van der Waals surface area contributed by atoms with E-state index >= 15 is 0 Å². The van der Waals surface area contributed by atoms with E-state index in [2.05, 4.69) is 36.3 Å². The van der Waals surface area contributed by atoms with Gasteiger partial charge in [0, 0.05) is 37.6 Å². The van der Waals surface area contributed by atoms with Crippen LogP contribution in [0.2, 0.25) is 0 Å². The number of hydrogen-bond acceptors (Lipinski definition) is 4. The summed E-state index contributed by atoms with van der Waals surface area (Å²) in [5.41, 5.74) is 0.0278. The number of likely N-dealkylation sites (tertiary alicyclic amines) is 1. The average molecular weight is 311 g/mol. The van der Waals surface area contributed by atoms with Crippen molar-refractivity contribution in [1.29, 1.82) is 0 Å². The second-order valence-corrected chi connectivity index (χ2v) is 7.38. The molecule has 0 aromatic carbocycles. The molecule has 0 saturated carbocycles. The van der Waals surface area contributed by atoms with Gasteiger partial charge in [-0.2, -0.15) is 0 Å². The van der Waals surface area contributed by atoms with Crippen LogP contribution in [0.3, 0.4) is 0 Å². The van der Waals surface area contributed by atoms with E-state index in [-0.39, 0.29) is 17.5 Å². The summed E-state index contributed by atoms with van der Waals surface area (Å²) in [6, 6.07) is 0.163. The van der Waals surface area contributed by atoms with Crippen molar-refractivity contribution in [3.8, 4) is 0 Å². The summed E-state index contributed by atoms with van der Waals surface area (Å²) in [6.07, 6.45) is 4.39. The summed E-state index contributed by atoms with van der Waals surface area (Å²) in [7, 11) is 0. The maximum absolute atomic E-state index is 12.1. The molecule has 2 aliphatic heterocycles. The van der Waals surface area contributed by atoms with E-state index in [0.717, 1.165) is 38.7 Å². The predicted molar refractivity (Wildman–Crippen MR) is 88.9 cm³/mol. The topological polar surface area (TPSA) is 53.6 Å². The molecule has 0 aromatic rings. The van der Waals surface area contributed by atoms with Crippen molar-refractivity contribution < 1.29 is 9.53 Å². The first-order valence-corrected chi connectivity index (χ1v) is 8.84. The van der Waals surface area contributed by atoms with Crippen LogP contribution in [0.25, 0.3) is 0 Å². The van der Waals surface area contributed by atoms with Gasteiger partial charge in [-0.25, -0.2) is 0 Å². The second kappa shape index (κ2) is 8.27. The monoisotopic (exact) mass is 311 g/mol. The number of rotatable bonds is 6. The van der Waals surface area contributed by atoms with Crippen molar-refractivity contribution in [2.24, 2.45) is 5.92 Å². The normalized spacial score (nSPS) is 27.6. The van der Waals surface area contributed by atoms with Crippen molar-refractivity contribution in [2.75, 3.05) is 39.4 Å². The molecule has 2 saturated heterocycles. The van der Waals surface area contributed by atoms with Crippen LogP contribution in [-0.4, -0.2) is 61.8 Å². The van der Waals surface area contributed by atoms with Crippen LogP contribution in [0.4, 0.5) is 0 Å². The van der Waals surface area contributed by atoms with E-state index in [4.69, 9.17) is 4.74 Å². The van der Waals surface area contributed by atoms with E-state index in [1.54, 1.807) is 0 Å². The maximum atomic E-state index is 12.1. The fraction of sp³-hybridized carbons (Fsp3) is 0.941. The Hall–Kier alpha value is -0.650. The van der Waals surface area contributed by atoms with Gasteiger partial charge in [-0.05, 0) is 39.2 Å². The molecule has 5 nitrogen and oxygen atoms in total. The molecule has 0 aliphatic carbocycles. The first-order chi connectivity index (χ1) is 10.5. The number of ether oxygens (including phenoxy) is 1. The van der Waals surface area contributed by atoms with Crippen molar-refractivity contribution in [2.45, 2.75) is 58.0 Å². The highest BCUT2D eigenvalue weighted by Crippen LogP contribution is 2.25. The molecule has 128 valence electrons. The van der Waals surface area contributed by atoms with E-state index in [9.17, 15) is 4.79 Å². The molecular weight excluding hydrogens is 278 g/mol. The van der Waals surface area contributed by atoms with Gasteiger partial charge in [-0.1, -0.05) is 13.3 Å². The van der Waals surface area contributed by atoms with Gasteiger partial charge in [0.1, 0.15) is 0 Å². The molecule has 2 rings (SSSR count). The quantitative estimate of drug-likeness (QED) is 0.778. The first-order valence-electron chi connectivity index (χ1n) is 8.84. The van der Waals surface area contributed by atoms with Crippen molar-refractivity contribution in [3.63, 3.8) is 0 Å². The minimum absolute atomic E-state index is 0.0278. The van der Waals surface area contributed by atoms with Gasteiger partial charge in [-0.15, -0.1) is 0 Å².